The molecule has 2 nitrogen and oxygen atoms in total. The molecule has 0 saturated heterocycles. The topological polar surface area (TPSA) is 18.5 Å². The minimum atomic E-state index is 0.0989. The molecule has 0 aromatic heterocycles. The highest BCUT2D eigenvalue weighted by Gasteiger charge is 2.19. The number of alkyl halides is 1. The van der Waals surface area contributed by atoms with Crippen LogP contribution in [-0.2, 0) is 34.4 Å². The lowest BCUT2D eigenvalue weighted by molar-refractivity contribution is -0.0244. The van der Waals surface area contributed by atoms with E-state index in [9.17, 15) is 0 Å². The lowest BCUT2D eigenvalue weighted by Crippen LogP contribution is -2.27. The zero-order valence-electron chi connectivity index (χ0n) is 17.0. The van der Waals surface area contributed by atoms with E-state index in [4.69, 9.17) is 9.47 Å². The minimum Gasteiger partial charge on any atom is -0.376 e. The second-order valence-electron chi connectivity index (χ2n) is 7.42. The van der Waals surface area contributed by atoms with Gasteiger partial charge in [0, 0.05) is 11.2 Å². The van der Waals surface area contributed by atoms with E-state index in [2.05, 4.69) is 83.5 Å². The highest BCUT2D eigenvalue weighted by Crippen LogP contribution is 2.19. The summed E-state index contributed by atoms with van der Waals surface area (Å²) in [5.41, 5.74) is 5.01. The van der Waals surface area contributed by atoms with Gasteiger partial charge in [0.15, 0.2) is 0 Å². The third-order valence-electron chi connectivity index (χ3n) is 5.14. The Labute approximate surface area is 183 Å². The summed E-state index contributed by atoms with van der Waals surface area (Å²) < 4.78 is 12.3. The van der Waals surface area contributed by atoms with Gasteiger partial charge in [-0.3, -0.25) is 0 Å². The van der Waals surface area contributed by atoms with Crippen LogP contribution in [0.2, 0.25) is 0 Å². The van der Waals surface area contributed by atoms with Gasteiger partial charge < -0.3 is 9.47 Å². The van der Waals surface area contributed by atoms with Crippen LogP contribution in [0.1, 0.15) is 29.2 Å². The molecule has 0 amide bonds. The Kier molecular flexibility index (Phi) is 8.94. The Bertz CT molecular complexity index is 818. The fraction of sp³-hybridized carbons (Fsp3) is 0.308. The average molecular weight is 453 g/mol. The van der Waals surface area contributed by atoms with Crippen molar-refractivity contribution in [3.63, 3.8) is 0 Å². The molecule has 0 bridgehead atoms. The van der Waals surface area contributed by atoms with Gasteiger partial charge in [-0.1, -0.05) is 101 Å². The van der Waals surface area contributed by atoms with Crippen LogP contribution >= 0.6 is 15.9 Å². The molecule has 0 heterocycles. The molecular formula is C26H29BrO2. The van der Waals surface area contributed by atoms with Crippen LogP contribution in [0.5, 0.6) is 0 Å². The molecule has 2 atom stereocenters. The summed E-state index contributed by atoms with van der Waals surface area (Å²) in [6.07, 6.45) is 1.04. The largest absolute Gasteiger partial charge is 0.376 e. The number of hydrogen-bond acceptors (Lipinski definition) is 2. The molecule has 152 valence electrons. The summed E-state index contributed by atoms with van der Waals surface area (Å²) in [6.45, 7) is 4.09. The average Bonchev–Trinajstić information content (AvgIpc) is 2.78. The van der Waals surface area contributed by atoms with E-state index in [0.29, 0.717) is 19.8 Å². The van der Waals surface area contributed by atoms with Crippen molar-refractivity contribution >= 4 is 15.9 Å². The number of hydrogen-bond donors (Lipinski definition) is 0. The van der Waals surface area contributed by atoms with Crippen molar-refractivity contribution in [2.24, 2.45) is 5.92 Å². The van der Waals surface area contributed by atoms with Crippen molar-refractivity contribution in [3.05, 3.63) is 107 Å². The second-order valence-corrected chi connectivity index (χ2v) is 7.98. The van der Waals surface area contributed by atoms with Crippen LogP contribution in [0.15, 0.2) is 84.9 Å². The molecule has 0 spiro atoms. The van der Waals surface area contributed by atoms with Crippen molar-refractivity contribution < 1.29 is 9.47 Å². The first-order valence-electron chi connectivity index (χ1n) is 10.2. The molecule has 3 heteroatoms. The first-order valence-corrected chi connectivity index (χ1v) is 11.3. The molecule has 3 aromatic rings. The molecule has 0 fully saturated rings. The molecule has 29 heavy (non-hydrogen) atoms. The van der Waals surface area contributed by atoms with Crippen LogP contribution in [0.25, 0.3) is 0 Å². The van der Waals surface area contributed by atoms with Crippen molar-refractivity contribution in [2.45, 2.75) is 38.0 Å². The van der Waals surface area contributed by atoms with Crippen molar-refractivity contribution in [2.75, 3.05) is 6.61 Å². The predicted octanol–water partition coefficient (Wildman–Crippen LogP) is 6.56. The van der Waals surface area contributed by atoms with Crippen LogP contribution in [-0.4, -0.2) is 12.7 Å². The predicted molar refractivity (Wildman–Crippen MR) is 123 cm³/mol. The van der Waals surface area contributed by atoms with Gasteiger partial charge in [-0.2, -0.15) is 0 Å². The van der Waals surface area contributed by atoms with Crippen molar-refractivity contribution in [1.29, 1.82) is 0 Å². The number of rotatable bonds is 11. The minimum absolute atomic E-state index is 0.0989. The second kappa shape index (κ2) is 11.9. The quantitative estimate of drug-likeness (QED) is 0.306. The van der Waals surface area contributed by atoms with Gasteiger partial charge in [0.2, 0.25) is 0 Å². The molecule has 0 aliphatic heterocycles. The molecular weight excluding hydrogens is 424 g/mol. The zero-order chi connectivity index (χ0) is 20.3. The van der Waals surface area contributed by atoms with E-state index in [1.807, 2.05) is 24.3 Å². The number of halogens is 1. The van der Waals surface area contributed by atoms with Crippen LogP contribution < -0.4 is 0 Å². The Hall–Kier alpha value is -1.94. The van der Waals surface area contributed by atoms with E-state index >= 15 is 0 Å². The molecule has 0 N–H and O–H groups in total. The van der Waals surface area contributed by atoms with Gasteiger partial charge >= 0.3 is 0 Å². The van der Waals surface area contributed by atoms with Gasteiger partial charge in [0.1, 0.15) is 0 Å². The van der Waals surface area contributed by atoms with E-state index in [0.717, 1.165) is 11.8 Å². The molecule has 0 radical (unpaired) electrons. The lowest BCUT2D eigenvalue weighted by atomic mass is 9.95. The molecule has 0 aliphatic rings. The van der Waals surface area contributed by atoms with Gasteiger partial charge in [-0.05, 0) is 35.6 Å². The fourth-order valence-corrected chi connectivity index (χ4v) is 3.64. The summed E-state index contributed by atoms with van der Waals surface area (Å²) in [5.74, 6) is 0.289. The summed E-state index contributed by atoms with van der Waals surface area (Å²) in [5, 5.41) is 0.882. The third kappa shape index (κ3) is 7.43. The monoisotopic (exact) mass is 452 g/mol. The highest BCUT2D eigenvalue weighted by atomic mass is 79.9. The van der Waals surface area contributed by atoms with E-state index in [1.54, 1.807) is 0 Å². The van der Waals surface area contributed by atoms with E-state index < -0.39 is 0 Å². The third-order valence-corrected chi connectivity index (χ3v) is 5.79. The summed E-state index contributed by atoms with van der Waals surface area (Å²) in [7, 11) is 0. The summed E-state index contributed by atoms with van der Waals surface area (Å²) in [4.78, 5) is 0. The van der Waals surface area contributed by atoms with Crippen LogP contribution in [0.3, 0.4) is 0 Å². The number of benzene rings is 3. The molecule has 0 unspecified atom stereocenters. The number of ether oxygens (including phenoxy) is 2. The molecule has 3 aromatic carbocycles. The van der Waals surface area contributed by atoms with Gasteiger partial charge in [-0.25, -0.2) is 0 Å². The normalized spacial score (nSPS) is 13.2. The Balaban J connectivity index is 1.60. The maximum Gasteiger partial charge on any atom is 0.0720 e. The van der Waals surface area contributed by atoms with E-state index in [-0.39, 0.29) is 12.0 Å². The van der Waals surface area contributed by atoms with Crippen LogP contribution in [0.4, 0.5) is 0 Å². The first kappa shape index (κ1) is 21.8. The van der Waals surface area contributed by atoms with Gasteiger partial charge in [0.05, 0.1) is 25.9 Å². The van der Waals surface area contributed by atoms with Crippen molar-refractivity contribution in [1.82, 2.24) is 0 Å². The molecule has 0 aliphatic carbocycles. The molecule has 0 saturated carbocycles. The lowest BCUT2D eigenvalue weighted by Gasteiger charge is -2.25. The van der Waals surface area contributed by atoms with E-state index in [1.165, 1.54) is 22.3 Å². The van der Waals surface area contributed by atoms with Gasteiger partial charge in [-0.15, -0.1) is 0 Å². The standard InChI is InChI=1S/C26H29BrO2/c1-21(29-19-25-10-6-3-7-11-25)26(16-22-12-14-23(17-27)15-13-22)20-28-18-24-8-4-2-5-9-24/h2-15,21,26H,16-20H2,1H3/t21-,26+/m1/s1. The van der Waals surface area contributed by atoms with Gasteiger partial charge in [0.25, 0.3) is 0 Å². The summed E-state index contributed by atoms with van der Waals surface area (Å²) in [6, 6.07) is 29.5. The Morgan fingerprint density at radius 1 is 0.690 bits per heavy atom. The first-order chi connectivity index (χ1) is 14.2. The van der Waals surface area contributed by atoms with Crippen molar-refractivity contribution in [3.8, 4) is 0 Å². The maximum atomic E-state index is 6.22. The Morgan fingerprint density at radius 3 is 1.83 bits per heavy atom. The molecule has 3 rings (SSSR count). The maximum absolute atomic E-state index is 6.22. The van der Waals surface area contributed by atoms with Crippen LogP contribution in [0, 0.1) is 5.92 Å². The highest BCUT2D eigenvalue weighted by molar-refractivity contribution is 9.08. The SMILES string of the molecule is C[C@@H](OCc1ccccc1)[C@H](COCc1ccccc1)Cc1ccc(CBr)cc1. The smallest absolute Gasteiger partial charge is 0.0720 e. The Morgan fingerprint density at radius 2 is 1.24 bits per heavy atom. The fourth-order valence-electron chi connectivity index (χ4n) is 3.27. The zero-order valence-corrected chi connectivity index (χ0v) is 18.6. The summed E-state index contributed by atoms with van der Waals surface area (Å²) >= 11 is 3.52.